The maximum Gasteiger partial charge on any atom is 0.309 e. The molecule has 0 atom stereocenters. The fourth-order valence-corrected chi connectivity index (χ4v) is 3.01. The van der Waals surface area contributed by atoms with Crippen LogP contribution in [0.1, 0.15) is 32.3 Å². The maximum absolute atomic E-state index is 12.1. The van der Waals surface area contributed by atoms with Crippen LogP contribution in [0.5, 0.6) is 0 Å². The molecule has 1 heterocycles. The Balaban J connectivity index is 1.83. The number of carbonyl (C=O) groups excluding carboxylic acids is 2. The van der Waals surface area contributed by atoms with Gasteiger partial charge in [-0.15, -0.1) is 0 Å². The Hall–Kier alpha value is -2.57. The molecule has 0 spiro atoms. The molecule has 0 saturated carbocycles. The van der Waals surface area contributed by atoms with E-state index < -0.39 is 0 Å². The number of carbonyl (C=O) groups is 2. The van der Waals surface area contributed by atoms with E-state index in [2.05, 4.69) is 20.5 Å². The zero-order valence-electron chi connectivity index (χ0n) is 16.2. The summed E-state index contributed by atoms with van der Waals surface area (Å²) in [6.45, 7) is 6.98. The van der Waals surface area contributed by atoms with E-state index in [1.807, 2.05) is 44.2 Å². The monoisotopic (exact) mass is 374 g/mol. The molecule has 1 fully saturated rings. The largest absolute Gasteiger partial charge is 0.466 e. The molecule has 2 rings (SSSR count). The summed E-state index contributed by atoms with van der Waals surface area (Å²) in [6, 6.07) is 9.79. The number of guanidine groups is 1. The molecule has 0 radical (unpaired) electrons. The molecule has 1 amide bonds. The molecule has 27 heavy (non-hydrogen) atoms. The number of rotatable bonds is 7. The Morgan fingerprint density at radius 1 is 1.15 bits per heavy atom. The van der Waals surface area contributed by atoms with Crippen LogP contribution in [0.3, 0.4) is 0 Å². The lowest BCUT2D eigenvalue weighted by Gasteiger charge is -2.33. The highest BCUT2D eigenvalue weighted by Gasteiger charge is 2.27. The molecule has 7 heteroatoms. The van der Waals surface area contributed by atoms with Gasteiger partial charge >= 0.3 is 5.97 Å². The highest BCUT2D eigenvalue weighted by molar-refractivity contribution is 5.85. The highest BCUT2D eigenvalue weighted by atomic mass is 16.5. The predicted octanol–water partition coefficient (Wildman–Crippen LogP) is 1.54. The smallest absolute Gasteiger partial charge is 0.309 e. The summed E-state index contributed by atoms with van der Waals surface area (Å²) in [7, 11) is 0. The molecule has 2 N–H and O–H groups in total. The van der Waals surface area contributed by atoms with Crippen LogP contribution in [-0.2, 0) is 20.9 Å². The van der Waals surface area contributed by atoms with Crippen LogP contribution < -0.4 is 10.6 Å². The summed E-state index contributed by atoms with van der Waals surface area (Å²) in [5.74, 6) is 0.447. The highest BCUT2D eigenvalue weighted by Crippen LogP contribution is 2.18. The van der Waals surface area contributed by atoms with Crippen LogP contribution in [0.2, 0.25) is 0 Å². The molecule has 1 saturated heterocycles. The van der Waals surface area contributed by atoms with Gasteiger partial charge in [0.15, 0.2) is 5.96 Å². The standard InChI is InChI=1S/C20H30N4O3/c1-3-21-20(24-12-10-17(11-13-24)19(26)27-4-2)23-15-18(25)22-14-16-8-6-5-7-9-16/h5-9,17H,3-4,10-15H2,1-2H3,(H,21,23)(H,22,25). The molecule has 1 aromatic rings. The van der Waals surface area contributed by atoms with E-state index in [1.165, 1.54) is 0 Å². The third-order valence-electron chi connectivity index (χ3n) is 4.45. The van der Waals surface area contributed by atoms with E-state index in [0.29, 0.717) is 13.2 Å². The SMILES string of the molecule is CCNC(=NCC(=O)NCc1ccccc1)N1CCC(C(=O)OCC)CC1. The summed E-state index contributed by atoms with van der Waals surface area (Å²) in [5.41, 5.74) is 1.06. The van der Waals surface area contributed by atoms with Gasteiger partial charge in [-0.2, -0.15) is 0 Å². The van der Waals surface area contributed by atoms with E-state index in [0.717, 1.165) is 44.0 Å². The van der Waals surface area contributed by atoms with Crippen molar-refractivity contribution in [3.8, 4) is 0 Å². The van der Waals surface area contributed by atoms with Crippen molar-refractivity contribution in [1.82, 2.24) is 15.5 Å². The van der Waals surface area contributed by atoms with Gasteiger partial charge in [0.05, 0.1) is 12.5 Å². The van der Waals surface area contributed by atoms with Gasteiger partial charge in [-0.25, -0.2) is 4.99 Å². The van der Waals surface area contributed by atoms with E-state index in [9.17, 15) is 9.59 Å². The lowest BCUT2D eigenvalue weighted by molar-refractivity contribution is -0.149. The van der Waals surface area contributed by atoms with Gasteiger partial charge in [-0.1, -0.05) is 30.3 Å². The number of esters is 1. The van der Waals surface area contributed by atoms with Crippen molar-refractivity contribution in [3.05, 3.63) is 35.9 Å². The molecular weight excluding hydrogens is 344 g/mol. The van der Waals surface area contributed by atoms with E-state index >= 15 is 0 Å². The third-order valence-corrected chi connectivity index (χ3v) is 4.45. The van der Waals surface area contributed by atoms with Gasteiger partial charge in [0, 0.05) is 26.2 Å². The first-order valence-electron chi connectivity index (χ1n) is 9.64. The molecule has 7 nitrogen and oxygen atoms in total. The number of hydrogen-bond acceptors (Lipinski definition) is 4. The second-order valence-electron chi connectivity index (χ2n) is 6.45. The Kier molecular flexibility index (Phi) is 8.61. The number of amides is 1. The summed E-state index contributed by atoms with van der Waals surface area (Å²) in [4.78, 5) is 30.5. The van der Waals surface area contributed by atoms with Crippen molar-refractivity contribution in [2.24, 2.45) is 10.9 Å². The Labute approximate surface area is 161 Å². The van der Waals surface area contributed by atoms with Crippen LogP contribution in [-0.4, -0.2) is 55.5 Å². The summed E-state index contributed by atoms with van der Waals surface area (Å²) in [5, 5.41) is 6.11. The second kappa shape index (κ2) is 11.2. The number of nitrogens with zero attached hydrogens (tertiary/aromatic N) is 2. The number of piperidine rings is 1. The molecule has 0 aromatic heterocycles. The number of benzene rings is 1. The van der Waals surface area contributed by atoms with Crippen molar-refractivity contribution in [2.45, 2.75) is 33.2 Å². The molecular formula is C20H30N4O3. The number of nitrogens with one attached hydrogen (secondary N) is 2. The average Bonchev–Trinajstić information content (AvgIpc) is 2.70. The van der Waals surface area contributed by atoms with Gasteiger partial charge < -0.3 is 20.3 Å². The fourth-order valence-electron chi connectivity index (χ4n) is 3.01. The topological polar surface area (TPSA) is 83.0 Å². The zero-order chi connectivity index (χ0) is 19.5. The van der Waals surface area contributed by atoms with Crippen LogP contribution in [0.25, 0.3) is 0 Å². The number of aliphatic imine (C=N–C) groups is 1. The Bertz CT molecular complexity index is 625. The van der Waals surface area contributed by atoms with E-state index in [-0.39, 0.29) is 24.3 Å². The zero-order valence-corrected chi connectivity index (χ0v) is 16.2. The van der Waals surface area contributed by atoms with Crippen LogP contribution >= 0.6 is 0 Å². The molecule has 1 aliphatic heterocycles. The minimum Gasteiger partial charge on any atom is -0.466 e. The summed E-state index contributed by atoms with van der Waals surface area (Å²) in [6.07, 6.45) is 1.48. The minimum atomic E-state index is -0.115. The van der Waals surface area contributed by atoms with Crippen LogP contribution in [0.15, 0.2) is 35.3 Å². The normalized spacial score (nSPS) is 15.3. The lowest BCUT2D eigenvalue weighted by atomic mass is 9.97. The van der Waals surface area contributed by atoms with Gasteiger partial charge in [-0.05, 0) is 32.3 Å². The lowest BCUT2D eigenvalue weighted by Crippen LogP contribution is -2.47. The molecule has 0 bridgehead atoms. The second-order valence-corrected chi connectivity index (χ2v) is 6.45. The maximum atomic E-state index is 12.1. The quantitative estimate of drug-likeness (QED) is 0.430. The van der Waals surface area contributed by atoms with E-state index in [1.54, 1.807) is 0 Å². The predicted molar refractivity (Wildman–Crippen MR) is 105 cm³/mol. The molecule has 148 valence electrons. The first-order valence-corrected chi connectivity index (χ1v) is 9.64. The first kappa shape index (κ1) is 20.7. The summed E-state index contributed by atoms with van der Waals surface area (Å²) < 4.78 is 5.11. The van der Waals surface area contributed by atoms with Crippen molar-refractivity contribution < 1.29 is 14.3 Å². The molecule has 1 aliphatic rings. The van der Waals surface area contributed by atoms with Gasteiger partial charge in [0.25, 0.3) is 0 Å². The third kappa shape index (κ3) is 6.92. The molecule has 1 aromatic carbocycles. The Morgan fingerprint density at radius 2 is 1.85 bits per heavy atom. The number of hydrogen-bond donors (Lipinski definition) is 2. The molecule has 0 aliphatic carbocycles. The first-order chi connectivity index (χ1) is 13.1. The van der Waals surface area contributed by atoms with Gasteiger partial charge in [0.2, 0.25) is 5.91 Å². The van der Waals surface area contributed by atoms with Crippen LogP contribution in [0.4, 0.5) is 0 Å². The van der Waals surface area contributed by atoms with Gasteiger partial charge in [0.1, 0.15) is 6.54 Å². The molecule has 0 unspecified atom stereocenters. The van der Waals surface area contributed by atoms with E-state index in [4.69, 9.17) is 4.74 Å². The summed E-state index contributed by atoms with van der Waals surface area (Å²) >= 11 is 0. The van der Waals surface area contributed by atoms with Crippen LogP contribution in [0, 0.1) is 5.92 Å². The average molecular weight is 374 g/mol. The van der Waals surface area contributed by atoms with Crippen molar-refractivity contribution in [2.75, 3.05) is 32.8 Å². The number of ether oxygens (including phenoxy) is 1. The fraction of sp³-hybridized carbons (Fsp3) is 0.550. The number of likely N-dealkylation sites (tertiary alicyclic amines) is 1. The van der Waals surface area contributed by atoms with Crippen molar-refractivity contribution in [1.29, 1.82) is 0 Å². The minimum absolute atomic E-state index is 0.0433. The van der Waals surface area contributed by atoms with Crippen molar-refractivity contribution >= 4 is 17.8 Å². The van der Waals surface area contributed by atoms with Gasteiger partial charge in [-0.3, -0.25) is 9.59 Å². The van der Waals surface area contributed by atoms with Crippen molar-refractivity contribution in [3.63, 3.8) is 0 Å². The Morgan fingerprint density at radius 3 is 2.48 bits per heavy atom.